The molecule has 6 heteroatoms. The third kappa shape index (κ3) is 2.13. The summed E-state index contributed by atoms with van der Waals surface area (Å²) in [6.45, 7) is 0.355. The number of fused-ring (bicyclic) bond motifs is 1. The van der Waals surface area contributed by atoms with Crippen LogP contribution in [0.1, 0.15) is 11.3 Å². The van der Waals surface area contributed by atoms with Crippen molar-refractivity contribution in [1.82, 2.24) is 20.5 Å². The smallest absolute Gasteiger partial charge is 0.318 e. The molecular formula is C12H16N4O2. The highest BCUT2D eigenvalue weighted by Crippen LogP contribution is 2.21. The molecule has 2 heterocycles. The Bertz CT molecular complexity index is 432. The van der Waals surface area contributed by atoms with Gasteiger partial charge >= 0.3 is 6.03 Å². The molecule has 1 aromatic heterocycles. The van der Waals surface area contributed by atoms with Gasteiger partial charge in [-0.05, 0) is 11.6 Å². The van der Waals surface area contributed by atoms with Crippen LogP contribution in [0.4, 0.5) is 4.79 Å². The van der Waals surface area contributed by atoms with Gasteiger partial charge in [0.25, 0.3) is 0 Å². The lowest BCUT2D eigenvalue weighted by molar-refractivity contribution is -0.125. The van der Waals surface area contributed by atoms with E-state index in [-0.39, 0.29) is 11.9 Å². The first-order valence-electron chi connectivity index (χ1n) is 5.80. The lowest BCUT2D eigenvalue weighted by Crippen LogP contribution is -2.54. The molecule has 0 radical (unpaired) electrons. The SMILES string of the molecule is CNC(=O)C1Cc2cccnc2CN1C(=O)NC. The van der Waals surface area contributed by atoms with Gasteiger partial charge in [0.05, 0.1) is 12.2 Å². The Labute approximate surface area is 105 Å². The minimum Gasteiger partial charge on any atom is -0.357 e. The van der Waals surface area contributed by atoms with Crippen LogP contribution in [0, 0.1) is 0 Å². The highest BCUT2D eigenvalue weighted by molar-refractivity contribution is 5.87. The molecule has 1 atom stereocenters. The monoisotopic (exact) mass is 248 g/mol. The van der Waals surface area contributed by atoms with E-state index in [9.17, 15) is 9.59 Å². The van der Waals surface area contributed by atoms with Crippen molar-refractivity contribution in [2.45, 2.75) is 19.0 Å². The first kappa shape index (κ1) is 12.3. The maximum Gasteiger partial charge on any atom is 0.318 e. The Kier molecular flexibility index (Phi) is 3.45. The predicted octanol–water partition coefficient (Wildman–Crippen LogP) is -0.106. The standard InChI is InChI=1S/C12H16N4O2/c1-13-11(17)10-6-8-4-3-5-15-9(8)7-16(10)12(18)14-2/h3-5,10H,6-7H2,1-2H3,(H,13,17)(H,14,18). The van der Waals surface area contributed by atoms with E-state index in [1.165, 1.54) is 4.90 Å². The Morgan fingerprint density at radius 1 is 1.39 bits per heavy atom. The summed E-state index contributed by atoms with van der Waals surface area (Å²) >= 11 is 0. The fourth-order valence-corrected chi connectivity index (χ4v) is 2.15. The zero-order valence-corrected chi connectivity index (χ0v) is 10.4. The number of pyridine rings is 1. The highest BCUT2D eigenvalue weighted by atomic mass is 16.2. The van der Waals surface area contributed by atoms with Gasteiger partial charge in [0.1, 0.15) is 6.04 Å². The summed E-state index contributed by atoms with van der Waals surface area (Å²) in [6.07, 6.45) is 2.19. The molecule has 18 heavy (non-hydrogen) atoms. The third-order valence-corrected chi connectivity index (χ3v) is 3.12. The minimum atomic E-state index is -0.480. The van der Waals surface area contributed by atoms with Gasteiger partial charge in [-0.25, -0.2) is 4.79 Å². The van der Waals surface area contributed by atoms with Gasteiger partial charge in [-0.15, -0.1) is 0 Å². The van der Waals surface area contributed by atoms with Crippen LogP contribution >= 0.6 is 0 Å². The van der Waals surface area contributed by atoms with Crippen LogP contribution in [0.2, 0.25) is 0 Å². The number of urea groups is 1. The first-order valence-corrected chi connectivity index (χ1v) is 5.80. The van der Waals surface area contributed by atoms with Crippen LogP contribution in [0.5, 0.6) is 0 Å². The fraction of sp³-hybridized carbons (Fsp3) is 0.417. The van der Waals surface area contributed by atoms with Crippen molar-refractivity contribution in [3.63, 3.8) is 0 Å². The second-order valence-corrected chi connectivity index (χ2v) is 4.13. The molecule has 2 rings (SSSR count). The van der Waals surface area contributed by atoms with Crippen molar-refractivity contribution in [2.75, 3.05) is 14.1 Å². The number of nitrogens with one attached hydrogen (secondary N) is 2. The van der Waals surface area contributed by atoms with E-state index >= 15 is 0 Å². The quantitative estimate of drug-likeness (QED) is 0.728. The van der Waals surface area contributed by atoms with Gasteiger partial charge in [-0.1, -0.05) is 6.07 Å². The minimum absolute atomic E-state index is 0.159. The number of hydrogen-bond donors (Lipinski definition) is 2. The molecule has 0 bridgehead atoms. The van der Waals surface area contributed by atoms with Crippen molar-refractivity contribution in [1.29, 1.82) is 0 Å². The van der Waals surface area contributed by atoms with Crippen LogP contribution in [-0.4, -0.2) is 42.0 Å². The van der Waals surface area contributed by atoms with E-state index in [0.29, 0.717) is 13.0 Å². The van der Waals surface area contributed by atoms with Crippen molar-refractivity contribution in [2.24, 2.45) is 0 Å². The molecule has 1 aliphatic rings. The molecule has 2 N–H and O–H groups in total. The van der Waals surface area contributed by atoms with E-state index < -0.39 is 6.04 Å². The number of rotatable bonds is 1. The first-order chi connectivity index (χ1) is 8.67. The zero-order valence-electron chi connectivity index (χ0n) is 10.4. The maximum atomic E-state index is 11.9. The summed E-state index contributed by atoms with van der Waals surface area (Å²) in [6, 6.07) is 3.04. The van der Waals surface area contributed by atoms with Crippen molar-refractivity contribution < 1.29 is 9.59 Å². The molecule has 0 saturated heterocycles. The zero-order chi connectivity index (χ0) is 13.1. The van der Waals surface area contributed by atoms with E-state index in [4.69, 9.17) is 0 Å². The van der Waals surface area contributed by atoms with Crippen LogP contribution in [0.25, 0.3) is 0 Å². The molecule has 3 amide bonds. The van der Waals surface area contributed by atoms with Gasteiger partial charge in [-0.3, -0.25) is 9.78 Å². The van der Waals surface area contributed by atoms with Crippen LogP contribution in [0.3, 0.4) is 0 Å². The summed E-state index contributed by atoms with van der Waals surface area (Å²) in [5, 5.41) is 5.15. The average molecular weight is 248 g/mol. The third-order valence-electron chi connectivity index (χ3n) is 3.12. The molecule has 6 nitrogen and oxygen atoms in total. The molecule has 0 aliphatic carbocycles. The van der Waals surface area contributed by atoms with E-state index in [1.54, 1.807) is 20.3 Å². The number of hydrogen-bond acceptors (Lipinski definition) is 3. The number of carbonyl (C=O) groups is 2. The Morgan fingerprint density at radius 2 is 2.17 bits per heavy atom. The second kappa shape index (κ2) is 5.03. The number of likely N-dealkylation sites (N-methyl/N-ethyl adjacent to an activating group) is 1. The van der Waals surface area contributed by atoms with E-state index in [2.05, 4.69) is 15.6 Å². The van der Waals surface area contributed by atoms with Crippen LogP contribution in [-0.2, 0) is 17.8 Å². The fourth-order valence-electron chi connectivity index (χ4n) is 2.15. The Hall–Kier alpha value is -2.11. The second-order valence-electron chi connectivity index (χ2n) is 4.13. The maximum absolute atomic E-state index is 11.9. The Balaban J connectivity index is 2.33. The van der Waals surface area contributed by atoms with Crippen molar-refractivity contribution >= 4 is 11.9 Å². The summed E-state index contributed by atoms with van der Waals surface area (Å²) in [5.74, 6) is -0.159. The number of amides is 3. The molecule has 0 aromatic carbocycles. The van der Waals surface area contributed by atoms with Crippen LogP contribution in [0.15, 0.2) is 18.3 Å². The topological polar surface area (TPSA) is 74.3 Å². The lowest BCUT2D eigenvalue weighted by Gasteiger charge is -2.34. The molecular weight excluding hydrogens is 232 g/mol. The van der Waals surface area contributed by atoms with Gasteiger partial charge in [0.15, 0.2) is 0 Å². The molecule has 0 saturated carbocycles. The van der Waals surface area contributed by atoms with Crippen molar-refractivity contribution in [3.8, 4) is 0 Å². The van der Waals surface area contributed by atoms with E-state index in [1.807, 2.05) is 12.1 Å². The van der Waals surface area contributed by atoms with Crippen LogP contribution < -0.4 is 10.6 Å². The number of aromatic nitrogens is 1. The molecule has 1 aliphatic heterocycles. The van der Waals surface area contributed by atoms with Gasteiger partial charge in [0.2, 0.25) is 5.91 Å². The summed E-state index contributed by atoms with van der Waals surface area (Å²) in [5.41, 5.74) is 1.87. The largest absolute Gasteiger partial charge is 0.357 e. The highest BCUT2D eigenvalue weighted by Gasteiger charge is 2.34. The number of carbonyl (C=O) groups excluding carboxylic acids is 2. The van der Waals surface area contributed by atoms with Gasteiger partial charge < -0.3 is 15.5 Å². The summed E-state index contributed by atoms with van der Waals surface area (Å²) in [7, 11) is 3.13. The normalized spacial score (nSPS) is 17.9. The molecule has 96 valence electrons. The van der Waals surface area contributed by atoms with E-state index in [0.717, 1.165) is 11.3 Å². The predicted molar refractivity (Wildman–Crippen MR) is 65.8 cm³/mol. The molecule has 1 aromatic rings. The average Bonchev–Trinajstić information content (AvgIpc) is 2.44. The summed E-state index contributed by atoms with van der Waals surface area (Å²) < 4.78 is 0. The molecule has 1 unspecified atom stereocenters. The Morgan fingerprint density at radius 3 is 2.83 bits per heavy atom. The van der Waals surface area contributed by atoms with Gasteiger partial charge in [-0.2, -0.15) is 0 Å². The molecule has 0 spiro atoms. The van der Waals surface area contributed by atoms with Gasteiger partial charge in [0, 0.05) is 26.7 Å². The summed E-state index contributed by atoms with van der Waals surface area (Å²) in [4.78, 5) is 29.4. The van der Waals surface area contributed by atoms with Crippen molar-refractivity contribution in [3.05, 3.63) is 29.6 Å². The lowest BCUT2D eigenvalue weighted by atomic mass is 9.97. The molecule has 0 fully saturated rings. The number of nitrogens with zero attached hydrogens (tertiary/aromatic N) is 2.